The van der Waals surface area contributed by atoms with Crippen molar-refractivity contribution in [2.45, 2.75) is 50.0 Å². The maximum absolute atomic E-state index is 12.8. The highest BCUT2D eigenvalue weighted by Gasteiger charge is 2.45. The van der Waals surface area contributed by atoms with Crippen molar-refractivity contribution in [3.8, 4) is 0 Å². The van der Waals surface area contributed by atoms with Crippen molar-refractivity contribution in [2.75, 3.05) is 18.2 Å². The van der Waals surface area contributed by atoms with Crippen molar-refractivity contribution < 1.29 is 9.59 Å². The van der Waals surface area contributed by atoms with E-state index < -0.39 is 0 Å². The molecule has 0 aromatic heterocycles. The van der Waals surface area contributed by atoms with Crippen molar-refractivity contribution in [3.63, 3.8) is 0 Å². The lowest BCUT2D eigenvalue weighted by Crippen LogP contribution is -2.50. The molecule has 3 fully saturated rings. The second-order valence-electron chi connectivity index (χ2n) is 7.81. The molecule has 1 atom stereocenters. The van der Waals surface area contributed by atoms with Gasteiger partial charge < -0.3 is 10.2 Å². The highest BCUT2D eigenvalue weighted by molar-refractivity contribution is 7.99. The Morgan fingerprint density at radius 3 is 2.54 bits per heavy atom. The van der Waals surface area contributed by atoms with Crippen LogP contribution in [0.25, 0.3) is 0 Å². The van der Waals surface area contributed by atoms with Gasteiger partial charge in [0.2, 0.25) is 11.8 Å². The van der Waals surface area contributed by atoms with E-state index in [9.17, 15) is 9.59 Å². The van der Waals surface area contributed by atoms with Gasteiger partial charge in [0.25, 0.3) is 0 Å². The number of halogens is 1. The Morgan fingerprint density at radius 2 is 1.88 bits per heavy atom. The Morgan fingerprint density at radius 1 is 1.19 bits per heavy atom. The second-order valence-corrected chi connectivity index (χ2v) is 9.25. The topological polar surface area (TPSA) is 49.4 Å². The molecule has 4 nitrogen and oxygen atoms in total. The molecule has 4 rings (SSSR count). The highest BCUT2D eigenvalue weighted by Crippen LogP contribution is 2.47. The average Bonchev–Trinajstić information content (AvgIpc) is 3.05. The minimum Gasteiger partial charge on any atom is -0.353 e. The summed E-state index contributed by atoms with van der Waals surface area (Å²) in [5.74, 6) is 1.68. The summed E-state index contributed by atoms with van der Waals surface area (Å²) >= 11 is 7.67. The molecule has 3 aliphatic rings. The quantitative estimate of drug-likeness (QED) is 0.833. The van der Waals surface area contributed by atoms with Gasteiger partial charge in [-0.05, 0) is 43.4 Å². The van der Waals surface area contributed by atoms with Gasteiger partial charge in [-0.1, -0.05) is 36.6 Å². The molecule has 1 heterocycles. The molecule has 0 spiro atoms. The first kappa shape index (κ1) is 18.2. The lowest BCUT2D eigenvalue weighted by Gasteiger charge is -2.26. The molecule has 2 aliphatic carbocycles. The third-order valence-electron chi connectivity index (χ3n) is 6.08. The average molecular weight is 393 g/mol. The normalized spacial score (nSPS) is 24.7. The number of carbonyl (C=O) groups excluding carboxylic acids is 2. The van der Waals surface area contributed by atoms with Gasteiger partial charge in [-0.25, -0.2) is 0 Å². The second kappa shape index (κ2) is 7.43. The Labute approximate surface area is 164 Å². The maximum Gasteiger partial charge on any atom is 0.243 e. The molecular weight excluding hydrogens is 368 g/mol. The van der Waals surface area contributed by atoms with Gasteiger partial charge in [0.05, 0.1) is 5.88 Å². The molecule has 26 heavy (non-hydrogen) atoms. The lowest BCUT2D eigenvalue weighted by molar-refractivity contribution is -0.141. The summed E-state index contributed by atoms with van der Waals surface area (Å²) < 4.78 is 0. The van der Waals surface area contributed by atoms with Crippen LogP contribution in [0.1, 0.15) is 44.1 Å². The number of carbonyl (C=O) groups is 2. The summed E-state index contributed by atoms with van der Waals surface area (Å²) in [4.78, 5) is 27.4. The van der Waals surface area contributed by atoms with Crippen LogP contribution in [0.2, 0.25) is 5.02 Å². The zero-order chi connectivity index (χ0) is 18.1. The fraction of sp³-hybridized carbons (Fsp3) is 0.600. The molecule has 1 aliphatic heterocycles. The van der Waals surface area contributed by atoms with Gasteiger partial charge in [0.1, 0.15) is 6.04 Å². The van der Waals surface area contributed by atoms with Gasteiger partial charge in [0.15, 0.2) is 0 Å². The van der Waals surface area contributed by atoms with E-state index in [1.807, 2.05) is 17.0 Å². The monoisotopic (exact) mass is 392 g/mol. The molecule has 1 N–H and O–H groups in total. The van der Waals surface area contributed by atoms with Gasteiger partial charge in [-0.15, -0.1) is 11.8 Å². The number of nitrogens with zero attached hydrogens (tertiary/aromatic N) is 1. The van der Waals surface area contributed by atoms with Crippen LogP contribution < -0.4 is 5.32 Å². The predicted octanol–water partition coefficient (Wildman–Crippen LogP) is 3.58. The van der Waals surface area contributed by atoms with Gasteiger partial charge in [-0.2, -0.15) is 0 Å². The molecule has 2 amide bonds. The van der Waals surface area contributed by atoms with E-state index in [4.69, 9.17) is 11.6 Å². The SMILES string of the molecule is O=C(NCC1(c2ccc(Cl)cc2)CC1)C1CSCN1C(=O)C1CCCC1. The summed E-state index contributed by atoms with van der Waals surface area (Å²) in [7, 11) is 0. The Kier molecular flexibility index (Phi) is 5.20. The summed E-state index contributed by atoms with van der Waals surface area (Å²) in [6.45, 7) is 0.639. The molecule has 0 bridgehead atoms. The molecule has 1 unspecified atom stereocenters. The fourth-order valence-electron chi connectivity index (χ4n) is 4.18. The van der Waals surface area contributed by atoms with E-state index in [1.54, 1.807) is 11.8 Å². The van der Waals surface area contributed by atoms with Gasteiger partial charge in [-0.3, -0.25) is 9.59 Å². The molecule has 2 saturated carbocycles. The first-order chi connectivity index (χ1) is 12.6. The molecule has 1 aromatic rings. The molecule has 6 heteroatoms. The summed E-state index contributed by atoms with van der Waals surface area (Å²) in [5.41, 5.74) is 1.29. The minimum atomic E-state index is -0.311. The predicted molar refractivity (Wildman–Crippen MR) is 105 cm³/mol. The number of thioether (sulfide) groups is 1. The Balaban J connectivity index is 1.37. The Hall–Kier alpha value is -1.20. The van der Waals surface area contributed by atoms with Crippen LogP contribution in [0.3, 0.4) is 0 Å². The minimum absolute atomic E-state index is 0.00147. The lowest BCUT2D eigenvalue weighted by atomic mass is 9.96. The van der Waals surface area contributed by atoms with Crippen molar-refractivity contribution in [1.29, 1.82) is 0 Å². The van der Waals surface area contributed by atoms with E-state index in [0.717, 1.165) is 43.5 Å². The van der Waals surface area contributed by atoms with Gasteiger partial charge in [0, 0.05) is 28.7 Å². The largest absolute Gasteiger partial charge is 0.353 e. The van der Waals surface area contributed by atoms with Crippen molar-refractivity contribution in [3.05, 3.63) is 34.9 Å². The molecule has 1 aromatic carbocycles. The zero-order valence-electron chi connectivity index (χ0n) is 14.9. The number of hydrogen-bond donors (Lipinski definition) is 1. The number of nitrogens with one attached hydrogen (secondary N) is 1. The fourth-order valence-corrected chi connectivity index (χ4v) is 5.47. The molecule has 140 valence electrons. The van der Waals surface area contributed by atoms with Crippen molar-refractivity contribution in [2.24, 2.45) is 5.92 Å². The molecular formula is C20H25ClN2O2S. The zero-order valence-corrected chi connectivity index (χ0v) is 16.5. The number of amides is 2. The van der Waals surface area contributed by atoms with Crippen LogP contribution in [-0.4, -0.2) is 40.9 Å². The summed E-state index contributed by atoms with van der Waals surface area (Å²) in [5, 5.41) is 3.87. The third-order valence-corrected chi connectivity index (χ3v) is 7.35. The van der Waals surface area contributed by atoms with Crippen LogP contribution in [-0.2, 0) is 15.0 Å². The first-order valence-corrected chi connectivity index (χ1v) is 11.0. The highest BCUT2D eigenvalue weighted by atomic mass is 35.5. The van der Waals surface area contributed by atoms with E-state index in [0.29, 0.717) is 18.2 Å². The standard InChI is InChI=1S/C20H25ClN2O2S/c21-16-7-5-15(6-8-16)20(9-10-20)12-22-18(24)17-11-26-13-23(17)19(25)14-3-1-2-4-14/h5-8,14,17H,1-4,9-13H2,(H,22,24). The van der Waals surface area contributed by atoms with Crippen LogP contribution >= 0.6 is 23.4 Å². The summed E-state index contributed by atoms with van der Waals surface area (Å²) in [6.07, 6.45) is 6.40. The van der Waals surface area contributed by atoms with E-state index in [2.05, 4.69) is 17.4 Å². The smallest absolute Gasteiger partial charge is 0.243 e. The van der Waals surface area contributed by atoms with Gasteiger partial charge >= 0.3 is 0 Å². The van der Waals surface area contributed by atoms with Crippen LogP contribution in [0.4, 0.5) is 0 Å². The Bertz CT molecular complexity index is 684. The maximum atomic E-state index is 12.8. The number of benzene rings is 1. The molecule has 1 saturated heterocycles. The van der Waals surface area contributed by atoms with Crippen LogP contribution in [0.15, 0.2) is 24.3 Å². The van der Waals surface area contributed by atoms with E-state index in [-0.39, 0.29) is 29.2 Å². The number of rotatable bonds is 5. The van der Waals surface area contributed by atoms with E-state index in [1.165, 1.54) is 5.56 Å². The first-order valence-electron chi connectivity index (χ1n) is 9.51. The van der Waals surface area contributed by atoms with Crippen molar-refractivity contribution >= 4 is 35.2 Å². The van der Waals surface area contributed by atoms with Crippen LogP contribution in [0, 0.1) is 5.92 Å². The molecule has 0 radical (unpaired) electrons. The van der Waals surface area contributed by atoms with Crippen molar-refractivity contribution in [1.82, 2.24) is 10.2 Å². The third kappa shape index (κ3) is 3.61. The summed E-state index contributed by atoms with van der Waals surface area (Å²) in [6, 6.07) is 7.63. The van der Waals surface area contributed by atoms with E-state index >= 15 is 0 Å². The number of hydrogen-bond acceptors (Lipinski definition) is 3. The van der Waals surface area contributed by atoms with Crippen LogP contribution in [0.5, 0.6) is 0 Å².